The monoisotopic (exact) mass is 457 g/mol. The van der Waals surface area contributed by atoms with Gasteiger partial charge in [0.15, 0.2) is 0 Å². The second kappa shape index (κ2) is 9.86. The lowest BCUT2D eigenvalue weighted by Gasteiger charge is -2.36. The van der Waals surface area contributed by atoms with E-state index in [0.717, 1.165) is 11.3 Å². The topological polar surface area (TPSA) is 119 Å². The molecule has 1 saturated heterocycles. The van der Waals surface area contributed by atoms with Crippen LogP contribution in [0, 0.1) is 6.92 Å². The number of aromatic nitrogens is 4. The van der Waals surface area contributed by atoms with Gasteiger partial charge in [-0.25, -0.2) is 13.1 Å². The molecule has 3 aromatic rings. The number of pyridine rings is 1. The van der Waals surface area contributed by atoms with Crippen molar-refractivity contribution in [2.45, 2.75) is 55.9 Å². The lowest BCUT2D eigenvalue weighted by molar-refractivity contribution is -0.0891. The molecule has 0 bridgehead atoms. The molecule has 3 atom stereocenters. The average Bonchev–Trinajstić information content (AvgIpc) is 3.28. The van der Waals surface area contributed by atoms with Crippen molar-refractivity contribution in [2.24, 2.45) is 0 Å². The highest BCUT2D eigenvalue weighted by atomic mass is 32.2. The van der Waals surface area contributed by atoms with Gasteiger partial charge in [-0.1, -0.05) is 23.4 Å². The molecule has 2 aromatic heterocycles. The van der Waals surface area contributed by atoms with E-state index in [-0.39, 0.29) is 17.6 Å². The summed E-state index contributed by atoms with van der Waals surface area (Å²) in [5.74, 6) is 0. The Hall–Kier alpha value is -2.66. The highest BCUT2D eigenvalue weighted by molar-refractivity contribution is 7.89. The Kier molecular flexibility index (Phi) is 6.95. The van der Waals surface area contributed by atoms with Crippen LogP contribution in [0.15, 0.2) is 59.8 Å². The Morgan fingerprint density at radius 3 is 2.81 bits per heavy atom. The van der Waals surface area contributed by atoms with Gasteiger partial charge in [0.1, 0.15) is 5.69 Å². The van der Waals surface area contributed by atoms with Crippen molar-refractivity contribution in [3.8, 4) is 11.4 Å². The predicted molar refractivity (Wildman–Crippen MR) is 118 cm³/mol. The number of nitrogens with zero attached hydrogens (tertiary/aromatic N) is 4. The fraction of sp³-hybridized carbons (Fsp3) is 0.409. The van der Waals surface area contributed by atoms with E-state index in [4.69, 9.17) is 4.74 Å². The Balaban J connectivity index is 1.33. The van der Waals surface area contributed by atoms with E-state index in [1.165, 1.54) is 0 Å². The van der Waals surface area contributed by atoms with E-state index in [9.17, 15) is 13.5 Å². The summed E-state index contributed by atoms with van der Waals surface area (Å²) in [7, 11) is -3.69. The molecular weight excluding hydrogens is 430 g/mol. The van der Waals surface area contributed by atoms with Crippen LogP contribution in [0.25, 0.3) is 11.4 Å². The molecule has 1 aromatic carbocycles. The van der Waals surface area contributed by atoms with Gasteiger partial charge in [-0.15, -0.1) is 5.10 Å². The minimum absolute atomic E-state index is 0.102. The summed E-state index contributed by atoms with van der Waals surface area (Å²) in [5.41, 5.74) is 2.33. The van der Waals surface area contributed by atoms with E-state index >= 15 is 0 Å². The number of ether oxygens (including phenoxy) is 1. The van der Waals surface area contributed by atoms with Crippen LogP contribution < -0.4 is 4.72 Å². The van der Waals surface area contributed by atoms with Gasteiger partial charge in [0.2, 0.25) is 10.0 Å². The van der Waals surface area contributed by atoms with Crippen LogP contribution in [-0.2, 0) is 21.3 Å². The van der Waals surface area contributed by atoms with E-state index in [1.54, 1.807) is 29.1 Å². The molecule has 1 aliphatic heterocycles. The van der Waals surface area contributed by atoms with Gasteiger partial charge in [-0.05, 0) is 56.0 Å². The Bertz CT molecular complexity index is 1140. The number of aryl methyl sites for hydroxylation is 2. The van der Waals surface area contributed by atoms with Crippen molar-refractivity contribution in [1.29, 1.82) is 0 Å². The smallest absolute Gasteiger partial charge is 0.240 e. The van der Waals surface area contributed by atoms with Crippen molar-refractivity contribution in [2.75, 3.05) is 6.61 Å². The first kappa shape index (κ1) is 22.5. The molecule has 4 rings (SSSR count). The summed E-state index contributed by atoms with van der Waals surface area (Å²) in [4.78, 5) is 4.49. The van der Waals surface area contributed by atoms with Crippen LogP contribution in [0.4, 0.5) is 0 Å². The highest BCUT2D eigenvalue weighted by Gasteiger charge is 2.34. The van der Waals surface area contributed by atoms with Gasteiger partial charge >= 0.3 is 0 Å². The van der Waals surface area contributed by atoms with E-state index in [2.05, 4.69) is 20.0 Å². The molecule has 2 N–H and O–H groups in total. The zero-order valence-corrected chi connectivity index (χ0v) is 18.6. The van der Waals surface area contributed by atoms with Crippen LogP contribution in [0.2, 0.25) is 0 Å². The maximum absolute atomic E-state index is 12.8. The summed E-state index contributed by atoms with van der Waals surface area (Å²) in [6.07, 6.45) is 4.79. The molecule has 0 amide bonds. The molecule has 0 unspecified atom stereocenters. The highest BCUT2D eigenvalue weighted by Crippen LogP contribution is 2.24. The quantitative estimate of drug-likeness (QED) is 0.530. The van der Waals surface area contributed by atoms with Crippen molar-refractivity contribution in [1.82, 2.24) is 24.7 Å². The van der Waals surface area contributed by atoms with Gasteiger partial charge in [0.25, 0.3) is 0 Å². The molecule has 10 heteroatoms. The number of sulfonamides is 1. The molecule has 1 aliphatic rings. The number of aliphatic hydroxyl groups is 1. The number of hydrogen-bond donors (Lipinski definition) is 2. The van der Waals surface area contributed by atoms with E-state index < -0.39 is 22.2 Å². The van der Waals surface area contributed by atoms with Crippen LogP contribution in [0.3, 0.4) is 0 Å². The minimum Gasteiger partial charge on any atom is -0.394 e. The summed E-state index contributed by atoms with van der Waals surface area (Å²) in [5, 5.41) is 18.1. The molecule has 1 fully saturated rings. The Morgan fingerprint density at radius 2 is 2.06 bits per heavy atom. The van der Waals surface area contributed by atoms with E-state index in [1.807, 2.05) is 37.4 Å². The van der Waals surface area contributed by atoms with Crippen LogP contribution in [-0.4, -0.2) is 58.4 Å². The van der Waals surface area contributed by atoms with Gasteiger partial charge in [0, 0.05) is 12.7 Å². The third-order valence-corrected chi connectivity index (χ3v) is 7.04. The summed E-state index contributed by atoms with van der Waals surface area (Å²) in [6, 6.07) is 11.9. The third kappa shape index (κ3) is 5.39. The van der Waals surface area contributed by atoms with Crippen LogP contribution in [0.1, 0.15) is 24.8 Å². The van der Waals surface area contributed by atoms with Crippen molar-refractivity contribution >= 4 is 10.0 Å². The molecule has 0 spiro atoms. The molecule has 0 saturated carbocycles. The average molecular weight is 458 g/mol. The number of benzene rings is 1. The maximum atomic E-state index is 12.8. The number of nitrogens with one attached hydrogen (secondary N) is 1. The first-order chi connectivity index (χ1) is 15.4. The molecule has 170 valence electrons. The fourth-order valence-electron chi connectivity index (χ4n) is 3.84. The largest absolute Gasteiger partial charge is 0.394 e. The lowest BCUT2D eigenvalue weighted by Crippen LogP contribution is -2.50. The predicted octanol–water partition coefficient (Wildman–Crippen LogP) is 1.93. The second-order valence-electron chi connectivity index (χ2n) is 7.97. The molecule has 3 heterocycles. The zero-order valence-electron chi connectivity index (χ0n) is 17.8. The van der Waals surface area contributed by atoms with E-state index in [0.29, 0.717) is 31.5 Å². The first-order valence-corrected chi connectivity index (χ1v) is 12.1. The fourth-order valence-corrected chi connectivity index (χ4v) is 5.25. The minimum atomic E-state index is -3.69. The van der Waals surface area contributed by atoms with Gasteiger partial charge < -0.3 is 9.84 Å². The molecule has 32 heavy (non-hydrogen) atoms. The van der Waals surface area contributed by atoms with Gasteiger partial charge in [-0.3, -0.25) is 9.67 Å². The number of hydrogen-bond acceptors (Lipinski definition) is 7. The standard InChI is InChI=1S/C22H27N5O4S/c1-16-5-4-6-18(13-16)32(29,30)25-20-9-8-17(31-22(20)15-28)10-12-27-14-21(24-26-27)19-7-2-3-11-23-19/h2-7,11,13-14,17,20,22,25,28H,8-10,12,15H2,1H3/t17-,20+,22+/m0/s1. The summed E-state index contributed by atoms with van der Waals surface area (Å²) < 4.78 is 36.0. The lowest BCUT2D eigenvalue weighted by atomic mass is 9.98. The summed E-state index contributed by atoms with van der Waals surface area (Å²) >= 11 is 0. The number of rotatable bonds is 8. The first-order valence-electron chi connectivity index (χ1n) is 10.6. The van der Waals surface area contributed by atoms with Crippen LogP contribution >= 0.6 is 0 Å². The molecule has 0 radical (unpaired) electrons. The third-order valence-electron chi connectivity index (χ3n) is 5.55. The Morgan fingerprint density at radius 1 is 1.19 bits per heavy atom. The van der Waals surface area contributed by atoms with Gasteiger partial charge in [-0.2, -0.15) is 0 Å². The van der Waals surface area contributed by atoms with Gasteiger partial charge in [0.05, 0.1) is 41.6 Å². The zero-order chi connectivity index (χ0) is 22.6. The maximum Gasteiger partial charge on any atom is 0.240 e. The van der Waals surface area contributed by atoms with Crippen molar-refractivity contribution < 1.29 is 18.3 Å². The molecular formula is C22H27N5O4S. The SMILES string of the molecule is Cc1cccc(S(=O)(=O)N[C@@H]2CC[C@@H](CCn3cc(-c4ccccn4)nn3)O[C@@H]2CO)c1. The van der Waals surface area contributed by atoms with Crippen molar-refractivity contribution in [3.05, 3.63) is 60.4 Å². The second-order valence-corrected chi connectivity index (χ2v) is 9.69. The number of aliphatic hydroxyl groups excluding tert-OH is 1. The summed E-state index contributed by atoms with van der Waals surface area (Å²) in [6.45, 7) is 2.19. The van der Waals surface area contributed by atoms with Crippen LogP contribution in [0.5, 0.6) is 0 Å². The normalized spacial score (nSPS) is 21.5. The Labute approximate surface area is 187 Å². The molecule has 9 nitrogen and oxygen atoms in total. The molecule has 0 aliphatic carbocycles. The van der Waals surface area contributed by atoms with Crippen molar-refractivity contribution in [3.63, 3.8) is 0 Å².